The van der Waals surface area contributed by atoms with Crippen LogP contribution < -0.4 is 10.1 Å². The summed E-state index contributed by atoms with van der Waals surface area (Å²) in [6.45, 7) is 4.87. The van der Waals surface area contributed by atoms with Crippen molar-refractivity contribution >= 4 is 0 Å². The molecule has 1 N–H and O–H groups in total. The number of aromatic nitrogens is 1. The first kappa shape index (κ1) is 16.9. The predicted octanol–water partition coefficient (Wildman–Crippen LogP) is 4.61. The third-order valence-corrected chi connectivity index (χ3v) is 4.81. The molecule has 0 aliphatic heterocycles. The second-order valence-corrected chi connectivity index (χ2v) is 6.52. The lowest BCUT2D eigenvalue weighted by molar-refractivity contribution is 0.339. The number of hydrogen-bond acceptors (Lipinski definition) is 3. The fourth-order valence-electron chi connectivity index (χ4n) is 3.55. The van der Waals surface area contributed by atoms with Crippen molar-refractivity contribution in [3.05, 3.63) is 59.7 Å². The molecular formula is C20H25FN2O. The number of hydrogen-bond donors (Lipinski definition) is 1. The summed E-state index contributed by atoms with van der Waals surface area (Å²) in [7, 11) is 0. The number of pyridine rings is 1. The Kier molecular flexibility index (Phi) is 5.46. The summed E-state index contributed by atoms with van der Waals surface area (Å²) in [6, 6.07) is 12.4. The van der Waals surface area contributed by atoms with Crippen molar-refractivity contribution in [2.75, 3.05) is 6.61 Å². The molecule has 1 aliphatic carbocycles. The number of ether oxygens (including phenoxy) is 1. The van der Waals surface area contributed by atoms with Crippen LogP contribution in [0.3, 0.4) is 0 Å². The van der Waals surface area contributed by atoms with Gasteiger partial charge in [-0.25, -0.2) is 4.98 Å². The molecule has 1 saturated carbocycles. The highest BCUT2D eigenvalue weighted by Crippen LogP contribution is 2.35. The van der Waals surface area contributed by atoms with Crippen LogP contribution in [0.4, 0.5) is 4.39 Å². The number of nitrogens with one attached hydrogen (secondary N) is 1. The minimum atomic E-state index is -0.408. The lowest BCUT2D eigenvalue weighted by Crippen LogP contribution is -2.29. The summed E-state index contributed by atoms with van der Waals surface area (Å²) in [5.74, 6) is 0.983. The molecule has 3 rings (SSSR count). The fourth-order valence-corrected chi connectivity index (χ4v) is 3.55. The first-order valence-corrected chi connectivity index (χ1v) is 8.76. The van der Waals surface area contributed by atoms with Crippen LogP contribution in [0.15, 0.2) is 42.6 Å². The molecule has 1 fully saturated rings. The van der Waals surface area contributed by atoms with Crippen LogP contribution in [0.2, 0.25) is 0 Å². The van der Waals surface area contributed by atoms with Gasteiger partial charge >= 0.3 is 0 Å². The van der Waals surface area contributed by atoms with Crippen molar-refractivity contribution < 1.29 is 9.13 Å². The van der Waals surface area contributed by atoms with Gasteiger partial charge in [-0.1, -0.05) is 18.2 Å². The Morgan fingerprint density at radius 3 is 2.92 bits per heavy atom. The molecule has 3 atom stereocenters. The summed E-state index contributed by atoms with van der Waals surface area (Å²) < 4.78 is 18.5. The van der Waals surface area contributed by atoms with E-state index in [1.807, 2.05) is 25.1 Å². The number of halogens is 1. The van der Waals surface area contributed by atoms with Gasteiger partial charge in [0.2, 0.25) is 5.95 Å². The molecule has 4 heteroatoms. The lowest BCUT2D eigenvalue weighted by Gasteiger charge is -2.20. The topological polar surface area (TPSA) is 34.1 Å². The Hall–Kier alpha value is -1.94. The van der Waals surface area contributed by atoms with Crippen molar-refractivity contribution in [3.8, 4) is 5.75 Å². The van der Waals surface area contributed by atoms with Crippen molar-refractivity contribution in [3.63, 3.8) is 0 Å². The fraction of sp³-hybridized carbons (Fsp3) is 0.450. The van der Waals surface area contributed by atoms with Crippen molar-refractivity contribution in [2.24, 2.45) is 0 Å². The smallest absolute Gasteiger partial charge is 0.212 e. The van der Waals surface area contributed by atoms with E-state index >= 15 is 0 Å². The molecular weight excluding hydrogens is 303 g/mol. The maximum atomic E-state index is 13.0. The second kappa shape index (κ2) is 7.75. The van der Waals surface area contributed by atoms with E-state index in [9.17, 15) is 4.39 Å². The molecule has 128 valence electrons. The number of nitrogens with zero attached hydrogens (tertiary/aromatic N) is 1. The zero-order chi connectivity index (χ0) is 16.9. The highest BCUT2D eigenvalue weighted by Gasteiger charge is 2.27. The Balaban J connectivity index is 1.58. The normalized spacial score (nSPS) is 21.6. The van der Waals surface area contributed by atoms with Gasteiger partial charge in [-0.3, -0.25) is 0 Å². The standard InChI is InChI=1S/C20H25FN2O/c1-3-24-19-6-4-5-15(12-19)14(2)23-18-9-7-16(11-18)17-8-10-20(21)22-13-17/h4-6,8,10,12-14,16,18,23H,3,7,9,11H2,1-2H3/t14-,16-,18+/m1/s1. The van der Waals surface area contributed by atoms with Crippen molar-refractivity contribution in [2.45, 2.75) is 51.1 Å². The molecule has 1 heterocycles. The van der Waals surface area contributed by atoms with Gasteiger partial charge in [0.05, 0.1) is 6.61 Å². The van der Waals surface area contributed by atoms with Crippen LogP contribution in [-0.2, 0) is 0 Å². The van der Waals surface area contributed by atoms with Gasteiger partial charge in [-0.15, -0.1) is 0 Å². The Bertz CT molecular complexity index is 659. The lowest BCUT2D eigenvalue weighted by atomic mass is 9.99. The monoisotopic (exact) mass is 328 g/mol. The molecule has 3 nitrogen and oxygen atoms in total. The molecule has 0 unspecified atom stereocenters. The first-order valence-electron chi connectivity index (χ1n) is 8.76. The minimum Gasteiger partial charge on any atom is -0.494 e. The summed E-state index contributed by atoms with van der Waals surface area (Å²) in [5, 5.41) is 3.73. The van der Waals surface area contributed by atoms with Gasteiger partial charge in [0.25, 0.3) is 0 Å². The molecule has 0 radical (unpaired) electrons. The molecule has 0 spiro atoms. The van der Waals surface area contributed by atoms with Gasteiger partial charge in [-0.05, 0) is 68.4 Å². The first-order chi connectivity index (χ1) is 11.7. The highest BCUT2D eigenvalue weighted by atomic mass is 19.1. The van der Waals surface area contributed by atoms with Gasteiger partial charge in [0, 0.05) is 18.3 Å². The average molecular weight is 328 g/mol. The van der Waals surface area contributed by atoms with Crippen LogP contribution in [0.25, 0.3) is 0 Å². The van der Waals surface area contributed by atoms with Crippen LogP contribution in [0, 0.1) is 5.95 Å². The van der Waals surface area contributed by atoms with E-state index in [2.05, 4.69) is 29.4 Å². The summed E-state index contributed by atoms with van der Waals surface area (Å²) in [6.07, 6.45) is 5.01. The Morgan fingerprint density at radius 2 is 2.17 bits per heavy atom. The predicted molar refractivity (Wildman–Crippen MR) is 93.7 cm³/mol. The zero-order valence-electron chi connectivity index (χ0n) is 14.3. The maximum Gasteiger partial charge on any atom is 0.212 e. The molecule has 1 aliphatic rings. The molecule has 24 heavy (non-hydrogen) atoms. The summed E-state index contributed by atoms with van der Waals surface area (Å²) in [5.41, 5.74) is 2.39. The molecule has 0 amide bonds. The van der Waals surface area contributed by atoms with Gasteiger partial charge < -0.3 is 10.1 Å². The SMILES string of the molecule is CCOc1cccc([C@@H](C)N[C@H]2CC[C@@H](c3ccc(F)nc3)C2)c1. The molecule has 2 aromatic rings. The van der Waals surface area contributed by atoms with E-state index in [1.165, 1.54) is 11.6 Å². The van der Waals surface area contributed by atoms with Gasteiger partial charge in [0.1, 0.15) is 5.75 Å². The Morgan fingerprint density at radius 1 is 1.29 bits per heavy atom. The molecule has 1 aromatic carbocycles. The van der Waals surface area contributed by atoms with E-state index in [0.717, 1.165) is 30.6 Å². The van der Waals surface area contributed by atoms with Crippen molar-refractivity contribution in [1.82, 2.24) is 10.3 Å². The summed E-state index contributed by atoms with van der Waals surface area (Å²) >= 11 is 0. The van der Waals surface area contributed by atoms with E-state index in [1.54, 1.807) is 6.20 Å². The van der Waals surface area contributed by atoms with Gasteiger partial charge in [0.15, 0.2) is 0 Å². The van der Waals surface area contributed by atoms with E-state index in [0.29, 0.717) is 18.6 Å². The van der Waals surface area contributed by atoms with E-state index < -0.39 is 5.95 Å². The minimum absolute atomic E-state index is 0.278. The van der Waals surface area contributed by atoms with Crippen LogP contribution in [-0.4, -0.2) is 17.6 Å². The quantitative estimate of drug-likeness (QED) is 0.787. The van der Waals surface area contributed by atoms with Crippen LogP contribution in [0.1, 0.15) is 56.2 Å². The van der Waals surface area contributed by atoms with Crippen molar-refractivity contribution in [1.29, 1.82) is 0 Å². The van der Waals surface area contributed by atoms with Crippen LogP contribution >= 0.6 is 0 Å². The maximum absolute atomic E-state index is 13.0. The molecule has 0 saturated heterocycles. The second-order valence-electron chi connectivity index (χ2n) is 6.52. The summed E-state index contributed by atoms with van der Waals surface area (Å²) in [4.78, 5) is 3.78. The average Bonchev–Trinajstić information content (AvgIpc) is 3.04. The highest BCUT2D eigenvalue weighted by molar-refractivity contribution is 5.30. The third kappa shape index (κ3) is 4.12. The van der Waals surface area contributed by atoms with Gasteiger partial charge in [-0.2, -0.15) is 4.39 Å². The van der Waals surface area contributed by atoms with E-state index in [4.69, 9.17) is 4.74 Å². The molecule has 1 aromatic heterocycles. The zero-order valence-corrected chi connectivity index (χ0v) is 14.3. The third-order valence-electron chi connectivity index (χ3n) is 4.81. The largest absolute Gasteiger partial charge is 0.494 e. The number of benzene rings is 1. The van der Waals surface area contributed by atoms with Crippen LogP contribution in [0.5, 0.6) is 5.75 Å². The molecule has 0 bridgehead atoms. The number of rotatable bonds is 6. The van der Waals surface area contributed by atoms with E-state index in [-0.39, 0.29) is 6.04 Å². The Labute approximate surface area is 143 Å².